The Bertz CT molecular complexity index is 920. The van der Waals surface area contributed by atoms with Crippen LogP contribution in [0.3, 0.4) is 0 Å². The summed E-state index contributed by atoms with van der Waals surface area (Å²) >= 11 is 17.9. The number of hydrogen-bond donors (Lipinski definition) is 1. The topological polar surface area (TPSA) is 99.7 Å². The molecule has 1 aromatic heterocycles. The SMILES string of the molecule is Clc1ccc(OCC(Cn2ccnc2)OCc2ccc(Cl)c(Cl)c2)cc1.O=[N+]([O-])O. The Kier molecular flexibility index (Phi) is 9.69. The zero-order valence-corrected chi connectivity index (χ0v) is 17.8. The third kappa shape index (κ3) is 8.87. The summed E-state index contributed by atoms with van der Waals surface area (Å²) in [6, 6.07) is 12.7. The first-order chi connectivity index (χ1) is 14.3. The van der Waals surface area contributed by atoms with Crippen molar-refractivity contribution in [2.45, 2.75) is 19.3 Å². The summed E-state index contributed by atoms with van der Waals surface area (Å²) in [7, 11) is 0. The summed E-state index contributed by atoms with van der Waals surface area (Å²) < 4.78 is 13.8. The highest BCUT2D eigenvalue weighted by Gasteiger charge is 2.12. The van der Waals surface area contributed by atoms with Gasteiger partial charge in [0.05, 0.1) is 29.5 Å². The summed E-state index contributed by atoms with van der Waals surface area (Å²) in [5.74, 6) is 0.739. The molecular formula is C19H18Cl3N3O5. The van der Waals surface area contributed by atoms with Crippen LogP contribution >= 0.6 is 34.8 Å². The van der Waals surface area contributed by atoms with E-state index < -0.39 is 5.09 Å². The molecule has 0 radical (unpaired) electrons. The fourth-order valence-corrected chi connectivity index (χ4v) is 2.79. The second kappa shape index (κ2) is 12.2. The van der Waals surface area contributed by atoms with Gasteiger partial charge in [-0.3, -0.25) is 0 Å². The third-order valence-corrected chi connectivity index (χ3v) is 4.68. The first-order valence-corrected chi connectivity index (χ1v) is 9.69. The first-order valence-electron chi connectivity index (χ1n) is 8.56. The van der Waals surface area contributed by atoms with Crippen LogP contribution in [0.4, 0.5) is 0 Å². The highest BCUT2D eigenvalue weighted by Crippen LogP contribution is 2.23. The van der Waals surface area contributed by atoms with Crippen molar-refractivity contribution in [2.75, 3.05) is 6.61 Å². The van der Waals surface area contributed by atoms with Crippen LogP contribution < -0.4 is 4.74 Å². The van der Waals surface area contributed by atoms with Gasteiger partial charge in [-0.2, -0.15) is 0 Å². The average molecular weight is 475 g/mol. The zero-order chi connectivity index (χ0) is 21.9. The van der Waals surface area contributed by atoms with Crippen LogP contribution in [0.15, 0.2) is 61.2 Å². The normalized spacial score (nSPS) is 11.3. The van der Waals surface area contributed by atoms with Crippen molar-refractivity contribution in [3.8, 4) is 5.75 Å². The zero-order valence-electron chi connectivity index (χ0n) is 15.5. The second-order valence-electron chi connectivity index (χ2n) is 5.94. The Labute approximate surface area is 187 Å². The van der Waals surface area contributed by atoms with Crippen LogP contribution in [0.2, 0.25) is 15.1 Å². The molecule has 0 aliphatic heterocycles. The fourth-order valence-electron chi connectivity index (χ4n) is 2.35. The fraction of sp³-hybridized carbons (Fsp3) is 0.211. The molecule has 8 nitrogen and oxygen atoms in total. The molecule has 0 aliphatic carbocycles. The minimum absolute atomic E-state index is 0.172. The van der Waals surface area contributed by atoms with Crippen molar-refractivity contribution in [3.05, 3.63) is 91.9 Å². The Morgan fingerprint density at radius 3 is 2.43 bits per heavy atom. The summed E-state index contributed by atoms with van der Waals surface area (Å²) in [5, 5.41) is 15.3. The van der Waals surface area contributed by atoms with Gasteiger partial charge < -0.3 is 19.2 Å². The van der Waals surface area contributed by atoms with E-state index in [1.54, 1.807) is 36.8 Å². The highest BCUT2D eigenvalue weighted by molar-refractivity contribution is 6.42. The van der Waals surface area contributed by atoms with Crippen molar-refractivity contribution >= 4 is 34.8 Å². The van der Waals surface area contributed by atoms with Gasteiger partial charge in [-0.15, -0.1) is 10.1 Å². The van der Waals surface area contributed by atoms with E-state index in [9.17, 15) is 0 Å². The van der Waals surface area contributed by atoms with Crippen LogP contribution in [0.5, 0.6) is 5.75 Å². The molecular weight excluding hydrogens is 457 g/mol. The van der Waals surface area contributed by atoms with E-state index in [1.807, 2.05) is 29.0 Å². The lowest BCUT2D eigenvalue weighted by Crippen LogP contribution is -2.26. The predicted octanol–water partition coefficient (Wildman–Crippen LogP) is 5.16. The molecule has 0 saturated heterocycles. The molecule has 1 heterocycles. The predicted molar refractivity (Wildman–Crippen MR) is 113 cm³/mol. The molecule has 1 N–H and O–H groups in total. The van der Waals surface area contributed by atoms with Gasteiger partial charge in [0.2, 0.25) is 0 Å². The molecule has 3 rings (SSSR count). The number of halogens is 3. The molecule has 1 unspecified atom stereocenters. The minimum atomic E-state index is -1.50. The summed E-state index contributed by atoms with van der Waals surface area (Å²) in [6.45, 7) is 1.41. The van der Waals surface area contributed by atoms with Crippen molar-refractivity contribution in [2.24, 2.45) is 0 Å². The largest absolute Gasteiger partial charge is 0.491 e. The van der Waals surface area contributed by atoms with Gasteiger partial charge in [0.25, 0.3) is 5.09 Å². The summed E-state index contributed by atoms with van der Waals surface area (Å²) in [4.78, 5) is 12.4. The van der Waals surface area contributed by atoms with E-state index in [0.29, 0.717) is 34.8 Å². The Morgan fingerprint density at radius 1 is 1.13 bits per heavy atom. The number of ether oxygens (including phenoxy) is 2. The van der Waals surface area contributed by atoms with Crippen molar-refractivity contribution in [1.29, 1.82) is 0 Å². The van der Waals surface area contributed by atoms with Crippen LogP contribution in [0, 0.1) is 10.1 Å². The maximum absolute atomic E-state index is 8.36. The van der Waals surface area contributed by atoms with E-state index in [1.165, 1.54) is 0 Å². The van der Waals surface area contributed by atoms with Gasteiger partial charge in [0, 0.05) is 17.4 Å². The number of imidazole rings is 1. The molecule has 0 fully saturated rings. The Hall–Kier alpha value is -2.52. The number of hydrogen-bond acceptors (Lipinski definition) is 5. The van der Waals surface area contributed by atoms with E-state index in [4.69, 9.17) is 59.6 Å². The van der Waals surface area contributed by atoms with Crippen molar-refractivity contribution in [3.63, 3.8) is 0 Å². The Morgan fingerprint density at radius 2 is 1.83 bits per heavy atom. The highest BCUT2D eigenvalue weighted by atomic mass is 35.5. The molecule has 0 aliphatic rings. The lowest BCUT2D eigenvalue weighted by molar-refractivity contribution is -0.742. The molecule has 0 spiro atoms. The number of aromatic nitrogens is 2. The first kappa shape index (κ1) is 23.8. The molecule has 2 aromatic carbocycles. The van der Waals surface area contributed by atoms with Crippen LogP contribution in [0.1, 0.15) is 5.56 Å². The van der Waals surface area contributed by atoms with Gasteiger partial charge in [-0.05, 0) is 42.0 Å². The van der Waals surface area contributed by atoms with Crippen LogP contribution in [0.25, 0.3) is 0 Å². The maximum atomic E-state index is 8.36. The summed E-state index contributed by atoms with van der Waals surface area (Å²) in [5.41, 5.74) is 0.946. The van der Waals surface area contributed by atoms with Crippen molar-refractivity contribution < 1.29 is 19.8 Å². The standard InChI is InChI=1S/C19H17Cl3N2O2.HNO3/c20-15-2-4-16(5-3-15)26-12-17(10-24-8-7-23-13-24)25-11-14-1-6-18(21)19(22)9-14;2-1(3)4/h1-9,13,17H,10-12H2;(H,2,3,4). The average Bonchev–Trinajstić information content (AvgIpc) is 3.20. The van der Waals surface area contributed by atoms with Gasteiger partial charge in [0.1, 0.15) is 18.5 Å². The van der Waals surface area contributed by atoms with Gasteiger partial charge in [-0.1, -0.05) is 40.9 Å². The van der Waals surface area contributed by atoms with E-state index in [-0.39, 0.29) is 6.10 Å². The lowest BCUT2D eigenvalue weighted by Gasteiger charge is -2.19. The molecule has 0 saturated carbocycles. The monoisotopic (exact) mass is 473 g/mol. The Balaban J connectivity index is 0.000000735. The number of benzene rings is 2. The second-order valence-corrected chi connectivity index (χ2v) is 7.19. The number of rotatable bonds is 8. The lowest BCUT2D eigenvalue weighted by atomic mass is 10.2. The molecule has 1 atom stereocenters. The smallest absolute Gasteiger partial charge is 0.291 e. The maximum Gasteiger partial charge on any atom is 0.291 e. The molecule has 0 amide bonds. The third-order valence-electron chi connectivity index (χ3n) is 3.69. The molecule has 30 heavy (non-hydrogen) atoms. The van der Waals surface area contributed by atoms with Crippen LogP contribution in [-0.4, -0.2) is 32.6 Å². The molecule has 11 heteroatoms. The van der Waals surface area contributed by atoms with Crippen LogP contribution in [-0.2, 0) is 17.9 Å². The molecule has 160 valence electrons. The minimum Gasteiger partial charge on any atom is -0.491 e. The van der Waals surface area contributed by atoms with Gasteiger partial charge >= 0.3 is 0 Å². The molecule has 0 bridgehead atoms. The van der Waals surface area contributed by atoms with E-state index in [0.717, 1.165) is 11.3 Å². The van der Waals surface area contributed by atoms with E-state index >= 15 is 0 Å². The van der Waals surface area contributed by atoms with Gasteiger partial charge in [0.15, 0.2) is 0 Å². The van der Waals surface area contributed by atoms with E-state index in [2.05, 4.69) is 4.98 Å². The van der Waals surface area contributed by atoms with Gasteiger partial charge in [-0.25, -0.2) is 4.98 Å². The van der Waals surface area contributed by atoms with Crippen molar-refractivity contribution in [1.82, 2.24) is 9.55 Å². The molecule has 3 aromatic rings. The quantitative estimate of drug-likeness (QED) is 0.357. The summed E-state index contributed by atoms with van der Waals surface area (Å²) in [6.07, 6.45) is 5.19. The number of nitrogens with zero attached hydrogens (tertiary/aromatic N) is 3.